The molecule has 0 aliphatic heterocycles. The lowest BCUT2D eigenvalue weighted by molar-refractivity contribution is 0.354. The molecule has 0 radical (unpaired) electrons. The molecule has 1 aromatic heterocycles. The van der Waals surface area contributed by atoms with E-state index in [1.807, 2.05) is 13.0 Å². The first kappa shape index (κ1) is 9.78. The smallest absolute Gasteiger partial charge is 0.117 e. The molecule has 1 heterocycles. The first-order chi connectivity index (χ1) is 6.84. The second-order valence-corrected chi connectivity index (χ2v) is 4.23. The van der Waals surface area contributed by atoms with Crippen molar-refractivity contribution in [3.8, 4) is 0 Å². The van der Waals surface area contributed by atoms with Crippen LogP contribution in [-0.4, -0.2) is 6.04 Å². The van der Waals surface area contributed by atoms with Gasteiger partial charge >= 0.3 is 0 Å². The summed E-state index contributed by atoms with van der Waals surface area (Å²) in [7, 11) is 0. The van der Waals surface area contributed by atoms with Gasteiger partial charge in [0.15, 0.2) is 0 Å². The molecule has 1 N–H and O–H groups in total. The molecule has 2 rings (SSSR count). The summed E-state index contributed by atoms with van der Waals surface area (Å²) in [5.74, 6) is 2.07. The highest BCUT2D eigenvalue weighted by molar-refractivity contribution is 5.05. The third kappa shape index (κ3) is 2.61. The van der Waals surface area contributed by atoms with Crippen molar-refractivity contribution < 1.29 is 4.42 Å². The van der Waals surface area contributed by atoms with E-state index in [0.717, 1.165) is 18.1 Å². The maximum absolute atomic E-state index is 5.51. The molecule has 0 bridgehead atoms. The normalized spacial score (nSPS) is 18.6. The van der Waals surface area contributed by atoms with Gasteiger partial charge in [-0.2, -0.15) is 0 Å². The van der Waals surface area contributed by atoms with E-state index in [-0.39, 0.29) is 0 Å². The Labute approximate surface area is 85.7 Å². The van der Waals surface area contributed by atoms with E-state index in [1.165, 1.54) is 32.1 Å². The second-order valence-electron chi connectivity index (χ2n) is 4.23. The molecule has 78 valence electrons. The van der Waals surface area contributed by atoms with E-state index in [9.17, 15) is 0 Å². The van der Waals surface area contributed by atoms with Crippen LogP contribution in [-0.2, 0) is 6.54 Å². The summed E-state index contributed by atoms with van der Waals surface area (Å²) in [5, 5.41) is 3.56. The highest BCUT2D eigenvalue weighted by Crippen LogP contribution is 2.18. The summed E-state index contributed by atoms with van der Waals surface area (Å²) >= 11 is 0. The van der Waals surface area contributed by atoms with Crippen molar-refractivity contribution in [1.29, 1.82) is 0 Å². The first-order valence-electron chi connectivity index (χ1n) is 5.63. The van der Waals surface area contributed by atoms with Crippen LogP contribution in [0.2, 0.25) is 0 Å². The summed E-state index contributed by atoms with van der Waals surface area (Å²) < 4.78 is 5.51. The van der Waals surface area contributed by atoms with Crippen LogP contribution in [0.3, 0.4) is 0 Å². The van der Waals surface area contributed by atoms with Crippen LogP contribution in [0.4, 0.5) is 0 Å². The Kier molecular flexibility index (Phi) is 3.25. The molecule has 1 fully saturated rings. The number of furan rings is 1. The quantitative estimate of drug-likeness (QED) is 0.798. The van der Waals surface area contributed by atoms with E-state index in [4.69, 9.17) is 4.42 Å². The number of hydrogen-bond donors (Lipinski definition) is 1. The lowest BCUT2D eigenvalue weighted by Crippen LogP contribution is -2.30. The topological polar surface area (TPSA) is 25.2 Å². The lowest BCUT2D eigenvalue weighted by atomic mass is 9.95. The SMILES string of the molecule is Cc1ccc(CNC2CCCCC2)o1. The van der Waals surface area contributed by atoms with Crippen molar-refractivity contribution in [2.75, 3.05) is 0 Å². The Bertz CT molecular complexity index is 274. The standard InChI is InChI=1S/C12H19NO/c1-10-7-8-12(14-10)9-13-11-5-3-2-4-6-11/h7-8,11,13H,2-6,9H2,1H3. The van der Waals surface area contributed by atoms with Crippen LogP contribution >= 0.6 is 0 Å². The summed E-state index contributed by atoms with van der Waals surface area (Å²) in [6, 6.07) is 4.80. The number of nitrogens with one attached hydrogen (secondary N) is 1. The Morgan fingerprint density at radius 3 is 2.71 bits per heavy atom. The van der Waals surface area contributed by atoms with Crippen LogP contribution in [0.1, 0.15) is 43.6 Å². The third-order valence-electron chi connectivity index (χ3n) is 2.97. The van der Waals surface area contributed by atoms with E-state index >= 15 is 0 Å². The molecule has 0 saturated heterocycles. The zero-order valence-electron chi connectivity index (χ0n) is 8.88. The van der Waals surface area contributed by atoms with Crippen molar-refractivity contribution in [3.05, 3.63) is 23.7 Å². The van der Waals surface area contributed by atoms with Gasteiger partial charge in [-0.25, -0.2) is 0 Å². The maximum Gasteiger partial charge on any atom is 0.117 e. The van der Waals surface area contributed by atoms with E-state index in [0.29, 0.717) is 6.04 Å². The molecule has 0 amide bonds. The molecule has 1 aliphatic rings. The first-order valence-corrected chi connectivity index (χ1v) is 5.63. The maximum atomic E-state index is 5.51. The summed E-state index contributed by atoms with van der Waals surface area (Å²) in [4.78, 5) is 0. The van der Waals surface area contributed by atoms with Gasteiger partial charge in [0, 0.05) is 6.04 Å². The summed E-state index contributed by atoms with van der Waals surface area (Å²) in [6.07, 6.45) is 6.85. The molecule has 0 unspecified atom stereocenters. The van der Waals surface area contributed by atoms with Crippen LogP contribution < -0.4 is 5.32 Å². The molecule has 1 saturated carbocycles. The minimum absolute atomic E-state index is 0.717. The molecule has 1 aliphatic carbocycles. The van der Waals surface area contributed by atoms with Crippen molar-refractivity contribution in [3.63, 3.8) is 0 Å². The second kappa shape index (κ2) is 4.65. The van der Waals surface area contributed by atoms with E-state index in [2.05, 4.69) is 11.4 Å². The number of aryl methyl sites for hydroxylation is 1. The molecule has 0 aromatic carbocycles. The number of hydrogen-bond acceptors (Lipinski definition) is 2. The van der Waals surface area contributed by atoms with Gasteiger partial charge in [-0.3, -0.25) is 0 Å². The van der Waals surface area contributed by atoms with Crippen molar-refractivity contribution in [2.45, 2.75) is 51.6 Å². The van der Waals surface area contributed by atoms with Crippen LogP contribution in [0, 0.1) is 6.92 Å². The Morgan fingerprint density at radius 2 is 2.07 bits per heavy atom. The fourth-order valence-corrected chi connectivity index (χ4v) is 2.13. The molecular formula is C12H19NO. The highest BCUT2D eigenvalue weighted by atomic mass is 16.3. The van der Waals surface area contributed by atoms with Crippen molar-refractivity contribution >= 4 is 0 Å². The Balaban J connectivity index is 1.76. The average Bonchev–Trinajstić information content (AvgIpc) is 2.63. The van der Waals surface area contributed by atoms with Crippen LogP contribution in [0.5, 0.6) is 0 Å². The predicted octanol–water partition coefficient (Wildman–Crippen LogP) is 3.01. The Hall–Kier alpha value is -0.760. The van der Waals surface area contributed by atoms with Gasteiger partial charge in [0.1, 0.15) is 11.5 Å². The Morgan fingerprint density at radius 1 is 1.29 bits per heavy atom. The average molecular weight is 193 g/mol. The molecule has 0 spiro atoms. The zero-order chi connectivity index (χ0) is 9.80. The molecule has 0 atom stereocenters. The van der Waals surface area contributed by atoms with Crippen LogP contribution in [0.25, 0.3) is 0 Å². The van der Waals surface area contributed by atoms with Gasteiger partial charge in [0.25, 0.3) is 0 Å². The van der Waals surface area contributed by atoms with E-state index < -0.39 is 0 Å². The van der Waals surface area contributed by atoms with Gasteiger partial charge in [-0.15, -0.1) is 0 Å². The lowest BCUT2D eigenvalue weighted by Gasteiger charge is -2.22. The minimum atomic E-state index is 0.717. The van der Waals surface area contributed by atoms with Gasteiger partial charge in [-0.05, 0) is 31.9 Å². The van der Waals surface area contributed by atoms with Crippen molar-refractivity contribution in [1.82, 2.24) is 5.32 Å². The summed E-state index contributed by atoms with van der Waals surface area (Å²) in [6.45, 7) is 2.88. The summed E-state index contributed by atoms with van der Waals surface area (Å²) in [5.41, 5.74) is 0. The zero-order valence-corrected chi connectivity index (χ0v) is 8.88. The molecule has 14 heavy (non-hydrogen) atoms. The van der Waals surface area contributed by atoms with E-state index in [1.54, 1.807) is 0 Å². The van der Waals surface area contributed by atoms with Gasteiger partial charge in [0.2, 0.25) is 0 Å². The monoisotopic (exact) mass is 193 g/mol. The fourth-order valence-electron chi connectivity index (χ4n) is 2.13. The molecule has 2 nitrogen and oxygen atoms in total. The van der Waals surface area contributed by atoms with Crippen LogP contribution in [0.15, 0.2) is 16.5 Å². The minimum Gasteiger partial charge on any atom is -0.465 e. The molecule has 1 aromatic rings. The highest BCUT2D eigenvalue weighted by Gasteiger charge is 2.12. The molecular weight excluding hydrogens is 174 g/mol. The fraction of sp³-hybridized carbons (Fsp3) is 0.667. The molecule has 2 heteroatoms. The van der Waals surface area contributed by atoms with Gasteiger partial charge in [0.05, 0.1) is 6.54 Å². The van der Waals surface area contributed by atoms with Crippen molar-refractivity contribution in [2.24, 2.45) is 0 Å². The number of rotatable bonds is 3. The van der Waals surface area contributed by atoms with Gasteiger partial charge in [-0.1, -0.05) is 19.3 Å². The largest absolute Gasteiger partial charge is 0.465 e. The van der Waals surface area contributed by atoms with Gasteiger partial charge < -0.3 is 9.73 Å². The predicted molar refractivity (Wildman–Crippen MR) is 57.2 cm³/mol. The third-order valence-corrected chi connectivity index (χ3v) is 2.97.